The second kappa shape index (κ2) is 24.8. The highest BCUT2D eigenvalue weighted by atomic mass is 16.3. The van der Waals surface area contributed by atoms with E-state index in [0.29, 0.717) is 0 Å². The van der Waals surface area contributed by atoms with Crippen LogP contribution in [0.15, 0.2) is 66.7 Å². The van der Waals surface area contributed by atoms with Crippen LogP contribution in [0.3, 0.4) is 0 Å². The quantitative estimate of drug-likeness (QED) is 0.0699. The van der Waals surface area contributed by atoms with Gasteiger partial charge in [-0.1, -0.05) is 102 Å². The van der Waals surface area contributed by atoms with E-state index in [-0.39, 0.29) is 37.3 Å². The molecule has 11 N–H and O–H groups in total. The third kappa shape index (κ3) is 14.5. The molecular weight excluding hydrogens is 941 g/mol. The fourth-order valence-corrected chi connectivity index (χ4v) is 8.94. The molecule has 1 aromatic heterocycles. The molecule has 22 heteroatoms. The number of aliphatic hydroxyl groups is 2. The SMILES string of the molecule is CNC(CO)C(=O)NC(C(=O)N1CC(NC(=O)c2cc(C(=O)NC3CC(C(=O)NC(C)c4ccccc4)N(C(=O)C(NC(=O)C(CO)NC)C(C)(C)C)C3)[nH]n2)CC1C(=O)NC(C)c1ccccc1)C(C)(C)C. The maximum atomic E-state index is 14.5. The molecule has 3 aromatic rings. The van der Waals surface area contributed by atoms with Crippen LogP contribution in [0, 0.1) is 10.8 Å². The van der Waals surface area contributed by atoms with Gasteiger partial charge in [-0.15, -0.1) is 0 Å². The first kappa shape index (κ1) is 57.2. The van der Waals surface area contributed by atoms with Crippen LogP contribution in [-0.4, -0.2) is 166 Å². The van der Waals surface area contributed by atoms with Crippen molar-refractivity contribution in [2.24, 2.45) is 10.8 Å². The summed E-state index contributed by atoms with van der Waals surface area (Å²) in [5, 5.41) is 48.8. The largest absolute Gasteiger partial charge is 0.394 e. The molecule has 5 rings (SSSR count). The number of H-pyrrole nitrogens is 1. The number of aliphatic hydroxyl groups excluding tert-OH is 2. The lowest BCUT2D eigenvalue weighted by molar-refractivity contribution is -0.144. The highest BCUT2D eigenvalue weighted by Crippen LogP contribution is 2.29. The van der Waals surface area contributed by atoms with Gasteiger partial charge in [-0.2, -0.15) is 5.10 Å². The third-order valence-electron chi connectivity index (χ3n) is 13.3. The number of benzene rings is 2. The number of aromatic amines is 1. The van der Waals surface area contributed by atoms with Crippen molar-refractivity contribution in [1.29, 1.82) is 0 Å². The van der Waals surface area contributed by atoms with Gasteiger partial charge in [-0.05, 0) is 62.7 Å². The normalized spacial score (nSPS) is 20.4. The van der Waals surface area contributed by atoms with Crippen LogP contribution in [0.5, 0.6) is 0 Å². The van der Waals surface area contributed by atoms with Crippen LogP contribution in [0.25, 0.3) is 0 Å². The summed E-state index contributed by atoms with van der Waals surface area (Å²) in [5.74, 6) is -4.75. The van der Waals surface area contributed by atoms with Crippen LogP contribution in [0.4, 0.5) is 0 Å². The van der Waals surface area contributed by atoms with Crippen molar-refractivity contribution in [2.45, 2.75) is 129 Å². The zero-order valence-electron chi connectivity index (χ0n) is 43.4. The standard InChI is InChI=1S/C51H74N12O10/c1-28(30-17-13-11-14-18-30)54-46(70)38-21-32(24-62(38)48(72)40(50(3,4)5)58-44(68)36(26-64)52-9)56-42(66)34-23-35(61-60-34)43(67)57-33-22-39(47(71)55-29(2)31-19-15-12-16-20-31)63(25-33)49(73)41(51(6,7)8)59-45(69)37(27-65)53-10/h11-20,23,28-29,32-33,36-41,52-53,64-65H,21-22,24-27H2,1-10H3,(H,54,70)(H,55,71)(H,56,66)(H,57,67)(H,58,68)(H,59,69)(H,60,61). The highest BCUT2D eigenvalue weighted by molar-refractivity contribution is 5.99. The lowest BCUT2D eigenvalue weighted by Gasteiger charge is -2.36. The summed E-state index contributed by atoms with van der Waals surface area (Å²) in [7, 11) is 3.00. The molecule has 2 saturated heterocycles. The number of likely N-dealkylation sites (N-methyl/N-ethyl adjacent to an activating group) is 2. The minimum Gasteiger partial charge on any atom is -0.394 e. The molecule has 0 aliphatic carbocycles. The zero-order valence-corrected chi connectivity index (χ0v) is 43.4. The number of hydrogen-bond donors (Lipinski definition) is 11. The molecule has 398 valence electrons. The Labute approximate surface area is 426 Å². The number of carbonyl (C=O) groups is 8. The van der Waals surface area contributed by atoms with Crippen molar-refractivity contribution < 1.29 is 48.6 Å². The Kier molecular flexibility index (Phi) is 19.4. The summed E-state index contributed by atoms with van der Waals surface area (Å²) in [6.07, 6.45) is -0.00384. The predicted octanol–water partition coefficient (Wildman–Crippen LogP) is -0.214. The lowest BCUT2D eigenvalue weighted by Crippen LogP contribution is -2.60. The highest BCUT2D eigenvalue weighted by Gasteiger charge is 2.48. The molecule has 0 bridgehead atoms. The van der Waals surface area contributed by atoms with Crippen molar-refractivity contribution in [3.05, 3.63) is 89.2 Å². The first-order chi connectivity index (χ1) is 34.4. The lowest BCUT2D eigenvalue weighted by atomic mass is 9.85. The molecule has 2 aromatic carbocycles. The minimum atomic E-state index is -1.14. The summed E-state index contributed by atoms with van der Waals surface area (Å²) in [4.78, 5) is 114. The van der Waals surface area contributed by atoms with Crippen molar-refractivity contribution >= 4 is 47.3 Å². The van der Waals surface area contributed by atoms with E-state index in [1.54, 1.807) is 55.4 Å². The fraction of sp³-hybridized carbons (Fsp3) is 0.549. The summed E-state index contributed by atoms with van der Waals surface area (Å²) >= 11 is 0. The van der Waals surface area contributed by atoms with Crippen LogP contribution in [0.2, 0.25) is 0 Å². The molecule has 10 unspecified atom stereocenters. The Balaban J connectivity index is 1.34. The number of aromatic nitrogens is 2. The maximum absolute atomic E-state index is 14.5. The van der Waals surface area contributed by atoms with Gasteiger partial charge in [-0.3, -0.25) is 43.5 Å². The second-order valence-electron chi connectivity index (χ2n) is 20.9. The van der Waals surface area contributed by atoms with Gasteiger partial charge < -0.3 is 62.5 Å². The molecule has 73 heavy (non-hydrogen) atoms. The molecule has 10 atom stereocenters. The van der Waals surface area contributed by atoms with E-state index < -0.39 is 132 Å². The average molecular weight is 1020 g/mol. The molecular formula is C51H74N12O10. The third-order valence-corrected chi connectivity index (χ3v) is 13.3. The van der Waals surface area contributed by atoms with Gasteiger partial charge in [0.15, 0.2) is 5.69 Å². The van der Waals surface area contributed by atoms with E-state index in [4.69, 9.17) is 0 Å². The Morgan fingerprint density at radius 1 is 0.616 bits per heavy atom. The number of rotatable bonds is 20. The van der Waals surface area contributed by atoms with E-state index in [0.717, 1.165) is 11.1 Å². The fourth-order valence-electron chi connectivity index (χ4n) is 8.94. The van der Waals surface area contributed by atoms with Gasteiger partial charge in [0.05, 0.1) is 25.3 Å². The van der Waals surface area contributed by atoms with Gasteiger partial charge in [0.25, 0.3) is 11.8 Å². The number of likely N-dealkylation sites (tertiary alicyclic amines) is 2. The minimum absolute atomic E-state index is 0.0000751. The monoisotopic (exact) mass is 1010 g/mol. The van der Waals surface area contributed by atoms with Gasteiger partial charge in [0, 0.05) is 31.2 Å². The van der Waals surface area contributed by atoms with Crippen molar-refractivity contribution in [2.75, 3.05) is 40.4 Å². The molecule has 22 nitrogen and oxygen atoms in total. The Morgan fingerprint density at radius 2 is 1.00 bits per heavy atom. The van der Waals surface area contributed by atoms with Crippen molar-refractivity contribution in [3.63, 3.8) is 0 Å². The molecule has 0 saturated carbocycles. The van der Waals surface area contributed by atoms with Crippen LogP contribution < -0.4 is 42.5 Å². The zero-order chi connectivity index (χ0) is 53.9. The maximum Gasteiger partial charge on any atom is 0.272 e. The second-order valence-corrected chi connectivity index (χ2v) is 20.9. The van der Waals surface area contributed by atoms with E-state index in [1.807, 2.05) is 60.7 Å². The Bertz CT molecular complexity index is 2250. The Hall–Kier alpha value is -6.75. The molecule has 3 heterocycles. The van der Waals surface area contributed by atoms with E-state index in [1.165, 1.54) is 30.0 Å². The number of carbonyl (C=O) groups excluding carboxylic acids is 8. The summed E-state index contributed by atoms with van der Waals surface area (Å²) in [6, 6.07) is 10.9. The molecule has 2 aliphatic rings. The average Bonchev–Trinajstić information content (AvgIpc) is 4.12. The summed E-state index contributed by atoms with van der Waals surface area (Å²) < 4.78 is 0. The summed E-state index contributed by atoms with van der Waals surface area (Å²) in [6.45, 7) is 12.9. The molecule has 2 fully saturated rings. The van der Waals surface area contributed by atoms with Crippen LogP contribution >= 0.6 is 0 Å². The number of nitrogens with one attached hydrogen (secondary N) is 9. The first-order valence-corrected chi connectivity index (χ1v) is 24.6. The topological polar surface area (TPSA) is 308 Å². The molecule has 2 aliphatic heterocycles. The van der Waals surface area contributed by atoms with E-state index in [9.17, 15) is 48.6 Å². The molecule has 0 spiro atoms. The van der Waals surface area contributed by atoms with Crippen molar-refractivity contribution in [3.8, 4) is 0 Å². The van der Waals surface area contributed by atoms with Gasteiger partial charge in [0.2, 0.25) is 35.4 Å². The van der Waals surface area contributed by atoms with Crippen LogP contribution in [-0.2, 0) is 28.8 Å². The number of amides is 8. The number of hydrogen-bond acceptors (Lipinski definition) is 13. The van der Waals surface area contributed by atoms with Crippen molar-refractivity contribution in [1.82, 2.24) is 62.5 Å². The Morgan fingerprint density at radius 3 is 1.36 bits per heavy atom. The van der Waals surface area contributed by atoms with Gasteiger partial charge in [-0.25, -0.2) is 0 Å². The van der Waals surface area contributed by atoms with Crippen LogP contribution in [0.1, 0.15) is 112 Å². The first-order valence-electron chi connectivity index (χ1n) is 24.6. The van der Waals surface area contributed by atoms with E-state index >= 15 is 0 Å². The molecule has 0 radical (unpaired) electrons. The smallest absolute Gasteiger partial charge is 0.272 e. The van der Waals surface area contributed by atoms with Gasteiger partial charge >= 0.3 is 0 Å². The molecule has 8 amide bonds. The van der Waals surface area contributed by atoms with E-state index in [2.05, 4.69) is 52.7 Å². The predicted molar refractivity (Wildman–Crippen MR) is 270 cm³/mol. The number of nitrogens with zero attached hydrogens (tertiary/aromatic N) is 3. The van der Waals surface area contributed by atoms with Gasteiger partial charge in [0.1, 0.15) is 41.9 Å². The summed E-state index contributed by atoms with van der Waals surface area (Å²) in [5.41, 5.74) is -0.345.